The Bertz CT molecular complexity index is 569. The lowest BCUT2D eigenvalue weighted by molar-refractivity contribution is 1.12. The lowest BCUT2D eigenvalue weighted by Crippen LogP contribution is -2.02. The first-order valence-electron chi connectivity index (χ1n) is 5.64. The van der Waals surface area contributed by atoms with E-state index in [0.29, 0.717) is 0 Å². The molecule has 0 atom stereocenters. The summed E-state index contributed by atoms with van der Waals surface area (Å²) in [6, 6.07) is 5.83. The SMILES string of the molecule is CNc1ncnc(Nc2ccc(C)c(Cl)c2)c1C. The maximum atomic E-state index is 6.09. The second-order valence-electron chi connectivity index (χ2n) is 4.03. The molecule has 0 radical (unpaired) electrons. The summed E-state index contributed by atoms with van der Waals surface area (Å²) in [4.78, 5) is 8.37. The molecule has 4 nitrogen and oxygen atoms in total. The molecule has 1 aromatic heterocycles. The van der Waals surface area contributed by atoms with E-state index >= 15 is 0 Å². The quantitative estimate of drug-likeness (QED) is 0.888. The van der Waals surface area contributed by atoms with E-state index in [9.17, 15) is 0 Å². The lowest BCUT2D eigenvalue weighted by Gasteiger charge is -2.11. The molecule has 2 aromatic rings. The van der Waals surface area contributed by atoms with E-state index in [4.69, 9.17) is 11.6 Å². The van der Waals surface area contributed by atoms with E-state index in [0.717, 1.165) is 33.5 Å². The van der Waals surface area contributed by atoms with Crippen molar-refractivity contribution in [2.45, 2.75) is 13.8 Å². The van der Waals surface area contributed by atoms with Crippen LogP contribution < -0.4 is 10.6 Å². The smallest absolute Gasteiger partial charge is 0.138 e. The van der Waals surface area contributed by atoms with Gasteiger partial charge in [-0.05, 0) is 31.5 Å². The minimum absolute atomic E-state index is 0.737. The molecule has 18 heavy (non-hydrogen) atoms. The Morgan fingerprint density at radius 1 is 1.11 bits per heavy atom. The predicted molar refractivity (Wildman–Crippen MR) is 75.8 cm³/mol. The summed E-state index contributed by atoms with van der Waals surface area (Å²) in [5.74, 6) is 1.58. The van der Waals surface area contributed by atoms with E-state index in [-0.39, 0.29) is 0 Å². The molecule has 0 unspecified atom stereocenters. The number of nitrogens with zero attached hydrogens (tertiary/aromatic N) is 2. The Morgan fingerprint density at radius 2 is 1.83 bits per heavy atom. The molecule has 2 N–H and O–H groups in total. The maximum Gasteiger partial charge on any atom is 0.138 e. The number of aryl methyl sites for hydroxylation is 1. The van der Waals surface area contributed by atoms with E-state index in [1.54, 1.807) is 0 Å². The molecule has 0 aliphatic heterocycles. The van der Waals surface area contributed by atoms with E-state index in [2.05, 4.69) is 20.6 Å². The van der Waals surface area contributed by atoms with Crippen LogP contribution in [0.5, 0.6) is 0 Å². The van der Waals surface area contributed by atoms with Gasteiger partial charge < -0.3 is 10.6 Å². The van der Waals surface area contributed by atoms with Gasteiger partial charge in [0.15, 0.2) is 0 Å². The summed E-state index contributed by atoms with van der Waals surface area (Å²) < 4.78 is 0. The number of nitrogens with one attached hydrogen (secondary N) is 2. The van der Waals surface area contributed by atoms with Crippen molar-refractivity contribution >= 4 is 28.9 Å². The van der Waals surface area contributed by atoms with Crippen LogP contribution in [-0.2, 0) is 0 Å². The third kappa shape index (κ3) is 2.54. The van der Waals surface area contributed by atoms with Gasteiger partial charge in [0.1, 0.15) is 18.0 Å². The molecule has 0 amide bonds. The summed E-state index contributed by atoms with van der Waals surface area (Å²) in [6.45, 7) is 3.94. The van der Waals surface area contributed by atoms with Gasteiger partial charge in [-0.2, -0.15) is 0 Å². The molecule has 1 aromatic carbocycles. The fraction of sp³-hybridized carbons (Fsp3) is 0.231. The first-order valence-corrected chi connectivity index (χ1v) is 6.02. The predicted octanol–water partition coefficient (Wildman–Crippen LogP) is 3.53. The van der Waals surface area contributed by atoms with Gasteiger partial charge in [-0.3, -0.25) is 0 Å². The highest BCUT2D eigenvalue weighted by Crippen LogP contribution is 2.25. The first kappa shape index (κ1) is 12.6. The Balaban J connectivity index is 2.31. The molecule has 0 aliphatic carbocycles. The van der Waals surface area contributed by atoms with Crippen LogP contribution in [0.4, 0.5) is 17.3 Å². The molecule has 0 spiro atoms. The van der Waals surface area contributed by atoms with Gasteiger partial charge in [-0.15, -0.1) is 0 Å². The van der Waals surface area contributed by atoms with Crippen molar-refractivity contribution < 1.29 is 0 Å². The zero-order valence-electron chi connectivity index (χ0n) is 10.6. The first-order chi connectivity index (χ1) is 8.61. The normalized spacial score (nSPS) is 10.2. The van der Waals surface area contributed by atoms with Gasteiger partial charge in [-0.1, -0.05) is 17.7 Å². The average molecular weight is 263 g/mol. The van der Waals surface area contributed by atoms with Crippen LogP contribution in [0.1, 0.15) is 11.1 Å². The molecule has 1 heterocycles. The van der Waals surface area contributed by atoms with E-state index in [1.165, 1.54) is 6.33 Å². The molecule has 0 aliphatic rings. The lowest BCUT2D eigenvalue weighted by atomic mass is 10.2. The topological polar surface area (TPSA) is 49.8 Å². The van der Waals surface area contributed by atoms with Crippen LogP contribution >= 0.6 is 11.6 Å². The number of aromatic nitrogens is 2. The standard InChI is InChI=1S/C13H15ClN4/c1-8-4-5-10(6-11(8)14)18-13-9(2)12(15-3)16-7-17-13/h4-7H,1-3H3,(H2,15,16,17,18). The number of hydrogen-bond donors (Lipinski definition) is 2. The maximum absolute atomic E-state index is 6.09. The highest BCUT2D eigenvalue weighted by atomic mass is 35.5. The van der Waals surface area contributed by atoms with Crippen LogP contribution in [0.25, 0.3) is 0 Å². The van der Waals surface area contributed by atoms with E-state index in [1.807, 2.05) is 39.1 Å². The van der Waals surface area contributed by atoms with Crippen LogP contribution in [-0.4, -0.2) is 17.0 Å². The number of halogens is 1. The van der Waals surface area contributed by atoms with E-state index < -0.39 is 0 Å². The Kier molecular flexibility index (Phi) is 3.67. The van der Waals surface area contributed by atoms with Crippen LogP contribution in [0, 0.1) is 13.8 Å². The van der Waals surface area contributed by atoms with Gasteiger partial charge in [0, 0.05) is 23.3 Å². The van der Waals surface area contributed by atoms with Crippen molar-refractivity contribution in [2.24, 2.45) is 0 Å². The molecule has 0 fully saturated rings. The van der Waals surface area contributed by atoms with Crippen molar-refractivity contribution in [1.82, 2.24) is 9.97 Å². The van der Waals surface area contributed by atoms with Crippen molar-refractivity contribution in [3.63, 3.8) is 0 Å². The zero-order chi connectivity index (χ0) is 13.1. The number of hydrogen-bond acceptors (Lipinski definition) is 4. The monoisotopic (exact) mass is 262 g/mol. The average Bonchev–Trinajstić information content (AvgIpc) is 2.36. The minimum Gasteiger partial charge on any atom is -0.373 e. The minimum atomic E-state index is 0.737. The molecule has 2 rings (SSSR count). The summed E-state index contributed by atoms with van der Waals surface area (Å²) in [5.41, 5.74) is 2.93. The van der Waals surface area contributed by atoms with Crippen molar-refractivity contribution in [3.05, 3.63) is 40.7 Å². The van der Waals surface area contributed by atoms with Crippen LogP contribution in [0.2, 0.25) is 5.02 Å². The molecule has 0 saturated heterocycles. The highest BCUT2D eigenvalue weighted by molar-refractivity contribution is 6.31. The molecule has 0 saturated carbocycles. The second-order valence-corrected chi connectivity index (χ2v) is 4.44. The third-order valence-electron chi connectivity index (χ3n) is 2.76. The Hall–Kier alpha value is -1.81. The largest absolute Gasteiger partial charge is 0.373 e. The Morgan fingerprint density at radius 3 is 2.50 bits per heavy atom. The summed E-state index contributed by atoms with van der Waals surface area (Å²) in [7, 11) is 1.84. The van der Waals surface area contributed by atoms with Gasteiger partial charge in [0.25, 0.3) is 0 Å². The summed E-state index contributed by atoms with van der Waals surface area (Å²) >= 11 is 6.09. The molecular formula is C13H15ClN4. The second kappa shape index (κ2) is 5.23. The third-order valence-corrected chi connectivity index (χ3v) is 3.16. The van der Waals surface area contributed by atoms with Crippen LogP contribution in [0.3, 0.4) is 0 Å². The van der Waals surface area contributed by atoms with Crippen LogP contribution in [0.15, 0.2) is 24.5 Å². The summed E-state index contributed by atoms with van der Waals surface area (Å²) in [5, 5.41) is 7.00. The fourth-order valence-electron chi connectivity index (χ4n) is 1.64. The molecule has 94 valence electrons. The van der Waals surface area contributed by atoms with Gasteiger partial charge in [-0.25, -0.2) is 9.97 Å². The molecule has 0 bridgehead atoms. The van der Waals surface area contributed by atoms with Gasteiger partial charge in [0.05, 0.1) is 0 Å². The fourth-order valence-corrected chi connectivity index (χ4v) is 1.82. The highest BCUT2D eigenvalue weighted by Gasteiger charge is 2.06. The van der Waals surface area contributed by atoms with Crippen molar-refractivity contribution in [1.29, 1.82) is 0 Å². The molecular weight excluding hydrogens is 248 g/mol. The number of rotatable bonds is 3. The van der Waals surface area contributed by atoms with Crippen molar-refractivity contribution in [3.8, 4) is 0 Å². The number of anilines is 3. The number of benzene rings is 1. The van der Waals surface area contributed by atoms with Gasteiger partial charge >= 0.3 is 0 Å². The van der Waals surface area contributed by atoms with Gasteiger partial charge in [0.2, 0.25) is 0 Å². The summed E-state index contributed by atoms with van der Waals surface area (Å²) in [6.07, 6.45) is 1.52. The molecule has 5 heteroatoms. The zero-order valence-corrected chi connectivity index (χ0v) is 11.3. The Labute approximate surface area is 111 Å². The van der Waals surface area contributed by atoms with Crippen molar-refractivity contribution in [2.75, 3.05) is 17.7 Å².